The predicted octanol–water partition coefficient (Wildman–Crippen LogP) is 1.89. The summed E-state index contributed by atoms with van der Waals surface area (Å²) in [6.45, 7) is 3.52. The van der Waals surface area contributed by atoms with Crippen LogP contribution < -0.4 is 14.7 Å². The number of methoxy groups -OCH3 is 1. The first-order chi connectivity index (χ1) is 12.8. The molecule has 1 atom stereocenters. The number of rotatable bonds is 5. The average Bonchev–Trinajstić information content (AvgIpc) is 2.83. The molecule has 0 fully saturated rings. The molecule has 0 aliphatic rings. The first kappa shape index (κ1) is 18.5. The minimum Gasteiger partial charge on any atom is -0.497 e. The van der Waals surface area contributed by atoms with E-state index >= 15 is 0 Å². The molecule has 0 aliphatic carbocycles. The van der Waals surface area contributed by atoms with Gasteiger partial charge in [-0.25, -0.2) is 4.57 Å². The van der Waals surface area contributed by atoms with Gasteiger partial charge in [0.1, 0.15) is 22.9 Å². The number of fused-ring (bicyclic) bond motifs is 1. The molecule has 0 bridgehead atoms. The van der Waals surface area contributed by atoms with Gasteiger partial charge in [-0.15, -0.1) is 0 Å². The highest BCUT2D eigenvalue weighted by Crippen LogP contribution is 2.28. The van der Waals surface area contributed by atoms with E-state index in [1.807, 2.05) is 0 Å². The molecule has 27 heavy (non-hydrogen) atoms. The third-order valence-electron chi connectivity index (χ3n) is 4.98. The summed E-state index contributed by atoms with van der Waals surface area (Å²) in [6.07, 6.45) is 0.889. The van der Waals surface area contributed by atoms with Crippen molar-refractivity contribution in [2.75, 3.05) is 7.11 Å². The van der Waals surface area contributed by atoms with Gasteiger partial charge in [-0.3, -0.25) is 9.59 Å². The first-order valence-corrected chi connectivity index (χ1v) is 8.34. The van der Waals surface area contributed by atoms with E-state index in [2.05, 4.69) is 0 Å². The number of aliphatic carboxylic acids is 1. The number of hydrogen-bond donors (Lipinski definition) is 2. The zero-order chi connectivity index (χ0) is 19.9. The van der Waals surface area contributed by atoms with Crippen LogP contribution in [-0.2, 0) is 11.8 Å². The van der Waals surface area contributed by atoms with Crippen molar-refractivity contribution >= 4 is 16.9 Å². The zero-order valence-electron chi connectivity index (χ0n) is 15.5. The molecule has 0 saturated carbocycles. The summed E-state index contributed by atoms with van der Waals surface area (Å²) in [4.78, 5) is 24.6. The first-order valence-electron chi connectivity index (χ1n) is 8.34. The molecule has 0 amide bonds. The number of imidazole rings is 1. The van der Waals surface area contributed by atoms with Crippen molar-refractivity contribution in [3.8, 4) is 5.75 Å². The van der Waals surface area contributed by atoms with E-state index in [1.165, 1.54) is 13.4 Å². The van der Waals surface area contributed by atoms with Crippen LogP contribution >= 0.6 is 0 Å². The van der Waals surface area contributed by atoms with Crippen LogP contribution in [0.15, 0.2) is 33.7 Å². The summed E-state index contributed by atoms with van der Waals surface area (Å²) in [5, 5.41) is 20.2. The second-order valence-electron chi connectivity index (χ2n) is 6.43. The summed E-state index contributed by atoms with van der Waals surface area (Å²) in [7, 11) is 3.20. The average molecular weight is 373 g/mol. The molecular weight excluding hydrogens is 352 g/mol. The van der Waals surface area contributed by atoms with Gasteiger partial charge in [0.25, 0.3) is 0 Å². The summed E-state index contributed by atoms with van der Waals surface area (Å²) in [6, 6.07) is 4.84. The molecule has 1 aromatic carbocycles. The molecule has 8 heteroatoms. The van der Waals surface area contributed by atoms with Gasteiger partial charge in [0, 0.05) is 13.8 Å². The Morgan fingerprint density at radius 3 is 2.63 bits per heavy atom. The lowest BCUT2D eigenvalue weighted by molar-refractivity contribution is -0.686. The topological polar surface area (TPSA) is 106 Å². The van der Waals surface area contributed by atoms with Crippen molar-refractivity contribution < 1.29 is 28.8 Å². The van der Waals surface area contributed by atoms with Crippen LogP contribution in [0.3, 0.4) is 0 Å². The molecule has 142 valence electrons. The largest absolute Gasteiger partial charge is 0.497 e. The highest BCUT2D eigenvalue weighted by molar-refractivity contribution is 5.79. The summed E-state index contributed by atoms with van der Waals surface area (Å²) in [5.74, 6) is -1.20. The Morgan fingerprint density at radius 1 is 1.37 bits per heavy atom. The predicted molar refractivity (Wildman–Crippen MR) is 95.4 cm³/mol. The van der Waals surface area contributed by atoms with Gasteiger partial charge >= 0.3 is 11.8 Å². The molecule has 3 aromatic rings. The number of nitrogens with zero attached hydrogens (tertiary/aromatic N) is 2. The van der Waals surface area contributed by atoms with Crippen molar-refractivity contribution in [2.24, 2.45) is 7.05 Å². The summed E-state index contributed by atoms with van der Waals surface area (Å²) >= 11 is 0. The fourth-order valence-electron chi connectivity index (χ4n) is 3.27. The lowest BCUT2D eigenvalue weighted by atomic mass is 9.95. The van der Waals surface area contributed by atoms with Gasteiger partial charge in [0.15, 0.2) is 11.1 Å². The van der Waals surface area contributed by atoms with Crippen molar-refractivity contribution in [3.05, 3.63) is 57.5 Å². The van der Waals surface area contributed by atoms with Crippen LogP contribution in [0.1, 0.15) is 35.1 Å². The van der Waals surface area contributed by atoms with Gasteiger partial charge in [-0.2, -0.15) is 0 Å². The number of benzene rings is 1. The van der Waals surface area contributed by atoms with Gasteiger partial charge in [0.2, 0.25) is 0 Å². The Labute approximate surface area is 154 Å². The molecule has 8 nitrogen and oxygen atoms in total. The monoisotopic (exact) mass is 373 g/mol. The zero-order valence-corrected chi connectivity index (χ0v) is 15.5. The third-order valence-corrected chi connectivity index (χ3v) is 4.98. The van der Waals surface area contributed by atoms with Crippen LogP contribution in [0.5, 0.6) is 5.75 Å². The number of hydrogen-bond acceptors (Lipinski definition) is 5. The summed E-state index contributed by atoms with van der Waals surface area (Å²) in [5.41, 5.74) is 1.48. The number of ether oxygens (including phenoxy) is 1. The fraction of sp³-hybridized carbons (Fsp3) is 0.316. The van der Waals surface area contributed by atoms with Crippen LogP contribution in [0, 0.1) is 13.8 Å². The molecule has 0 saturated heterocycles. The molecule has 0 aliphatic heterocycles. The molecule has 0 spiro atoms. The van der Waals surface area contributed by atoms with E-state index in [-0.39, 0.29) is 22.8 Å². The highest BCUT2D eigenvalue weighted by Gasteiger charge is 2.36. The normalized spacial score (nSPS) is 12.3. The van der Waals surface area contributed by atoms with Gasteiger partial charge < -0.3 is 19.5 Å². The smallest absolute Gasteiger partial charge is 0.304 e. The molecular formula is C19H21N2O6+. The van der Waals surface area contributed by atoms with E-state index in [0.717, 1.165) is 10.4 Å². The standard InChI is InChI=1S/C19H20N2O6/c1-10-11(2)21(25)19(20(10)3)13(8-17(22)23)15-9-27-16-6-5-12(26-4)7-14(16)18(15)24/h5-7,9,13H,8H2,1-4H3,(H-,22,23,25)/p+1. The van der Waals surface area contributed by atoms with E-state index in [1.54, 1.807) is 43.7 Å². The van der Waals surface area contributed by atoms with Crippen molar-refractivity contribution in [1.82, 2.24) is 4.73 Å². The Kier molecular flexibility index (Phi) is 4.65. The Balaban J connectivity index is 2.29. The Hall–Kier alpha value is -3.29. The molecule has 2 N–H and O–H groups in total. The van der Waals surface area contributed by atoms with Crippen LogP contribution in [0.2, 0.25) is 0 Å². The highest BCUT2D eigenvalue weighted by atomic mass is 16.5. The third kappa shape index (κ3) is 3.03. The molecule has 2 heterocycles. The van der Waals surface area contributed by atoms with Gasteiger partial charge in [-0.05, 0) is 22.9 Å². The molecule has 1 unspecified atom stereocenters. The number of aromatic nitrogens is 2. The number of carbonyl (C=O) groups is 1. The second-order valence-corrected chi connectivity index (χ2v) is 6.43. The fourth-order valence-corrected chi connectivity index (χ4v) is 3.27. The SMILES string of the molecule is COc1ccc2occ(C(CC(=O)O)c3n(O)c(C)c(C)[n+]3C)c(=O)c2c1. The van der Waals surface area contributed by atoms with E-state index < -0.39 is 11.9 Å². The maximum absolute atomic E-state index is 13.1. The van der Waals surface area contributed by atoms with Crippen molar-refractivity contribution in [3.63, 3.8) is 0 Å². The van der Waals surface area contributed by atoms with Crippen LogP contribution in [0.25, 0.3) is 11.0 Å². The maximum atomic E-state index is 13.1. The minimum absolute atomic E-state index is 0.154. The Bertz CT molecular complexity index is 1070. The number of carboxylic acids is 1. The molecule has 2 aromatic heterocycles. The van der Waals surface area contributed by atoms with Crippen LogP contribution in [-0.4, -0.2) is 28.1 Å². The lowest BCUT2D eigenvalue weighted by Crippen LogP contribution is -2.38. The Morgan fingerprint density at radius 2 is 2.07 bits per heavy atom. The second kappa shape index (κ2) is 6.79. The van der Waals surface area contributed by atoms with E-state index in [9.17, 15) is 19.9 Å². The number of carboxylic acid groups (broad SMARTS) is 1. The quantitative estimate of drug-likeness (QED) is 0.523. The van der Waals surface area contributed by atoms with Crippen molar-refractivity contribution in [1.29, 1.82) is 0 Å². The van der Waals surface area contributed by atoms with E-state index in [4.69, 9.17) is 9.15 Å². The van der Waals surface area contributed by atoms with Gasteiger partial charge in [0.05, 0.1) is 37.8 Å². The van der Waals surface area contributed by atoms with Crippen molar-refractivity contribution in [2.45, 2.75) is 26.2 Å². The van der Waals surface area contributed by atoms with E-state index in [0.29, 0.717) is 22.9 Å². The summed E-state index contributed by atoms with van der Waals surface area (Å²) < 4.78 is 13.3. The van der Waals surface area contributed by atoms with Gasteiger partial charge in [-0.1, -0.05) is 0 Å². The minimum atomic E-state index is -1.10. The maximum Gasteiger partial charge on any atom is 0.304 e. The molecule has 3 rings (SSSR count). The molecule has 0 radical (unpaired) electrons. The lowest BCUT2D eigenvalue weighted by Gasteiger charge is -2.12. The van der Waals surface area contributed by atoms with Crippen LogP contribution in [0.4, 0.5) is 0 Å².